The molecule has 1 aromatic carbocycles. The van der Waals surface area contributed by atoms with Gasteiger partial charge in [-0.15, -0.1) is 0 Å². The van der Waals surface area contributed by atoms with E-state index in [1.165, 1.54) is 9.80 Å². The third-order valence-corrected chi connectivity index (χ3v) is 3.93. The van der Waals surface area contributed by atoms with Crippen LogP contribution in [0.15, 0.2) is 18.2 Å². The van der Waals surface area contributed by atoms with Crippen LogP contribution in [0.25, 0.3) is 0 Å². The summed E-state index contributed by atoms with van der Waals surface area (Å²) in [7, 11) is 0. The normalized spacial score (nSPS) is 18.2. The fourth-order valence-electron chi connectivity index (χ4n) is 2.89. The smallest absolute Gasteiger partial charge is 0.239 e. The maximum Gasteiger partial charge on any atom is 0.239 e. The van der Waals surface area contributed by atoms with E-state index >= 15 is 0 Å². The van der Waals surface area contributed by atoms with Gasteiger partial charge in [0.25, 0.3) is 0 Å². The van der Waals surface area contributed by atoms with Crippen LogP contribution in [0.5, 0.6) is 0 Å². The van der Waals surface area contributed by atoms with Gasteiger partial charge in [-0.1, -0.05) is 0 Å². The molecule has 0 spiro atoms. The number of hydrogen-bond acceptors (Lipinski definition) is 3. The zero-order valence-corrected chi connectivity index (χ0v) is 14.1. The van der Waals surface area contributed by atoms with Crippen molar-refractivity contribution in [2.24, 2.45) is 5.92 Å². The van der Waals surface area contributed by atoms with Crippen LogP contribution in [0.1, 0.15) is 27.2 Å². The van der Waals surface area contributed by atoms with Gasteiger partial charge >= 0.3 is 0 Å². The number of amides is 2. The van der Waals surface area contributed by atoms with Crippen LogP contribution in [0.2, 0.25) is 0 Å². The maximum atomic E-state index is 13.4. The van der Waals surface area contributed by atoms with Crippen molar-refractivity contribution in [1.82, 2.24) is 4.90 Å². The van der Waals surface area contributed by atoms with E-state index in [9.17, 15) is 23.5 Å². The molecule has 7 heteroatoms. The van der Waals surface area contributed by atoms with E-state index in [1.807, 2.05) is 0 Å². The topological polar surface area (TPSA) is 60.9 Å². The number of carbonyl (C=O) groups excluding carboxylic acids is 2. The van der Waals surface area contributed by atoms with Gasteiger partial charge in [0.05, 0.1) is 5.60 Å². The molecule has 1 atom stereocenters. The summed E-state index contributed by atoms with van der Waals surface area (Å²) in [5.74, 6) is -3.28. The monoisotopic (exact) mass is 340 g/mol. The summed E-state index contributed by atoms with van der Waals surface area (Å²) >= 11 is 0. The van der Waals surface area contributed by atoms with Crippen LogP contribution >= 0.6 is 0 Å². The van der Waals surface area contributed by atoms with Gasteiger partial charge < -0.3 is 14.9 Å². The Morgan fingerprint density at radius 3 is 2.42 bits per heavy atom. The predicted molar refractivity (Wildman–Crippen MR) is 85.4 cm³/mol. The Labute approximate surface area is 139 Å². The third-order valence-electron chi connectivity index (χ3n) is 3.93. The highest BCUT2D eigenvalue weighted by Gasteiger charge is 2.40. The first-order chi connectivity index (χ1) is 11.1. The summed E-state index contributed by atoms with van der Waals surface area (Å²) in [6.07, 6.45) is 0.276. The lowest BCUT2D eigenvalue weighted by Gasteiger charge is -2.29. The second kappa shape index (κ2) is 6.84. The zero-order chi connectivity index (χ0) is 18.1. The first-order valence-electron chi connectivity index (χ1n) is 7.91. The molecular formula is C17H22F2N2O3. The lowest BCUT2D eigenvalue weighted by molar-refractivity contribution is -0.142. The van der Waals surface area contributed by atoms with Crippen LogP contribution < -0.4 is 4.90 Å². The molecule has 1 aliphatic rings. The number of rotatable bonds is 5. The van der Waals surface area contributed by atoms with Crippen LogP contribution in [0.3, 0.4) is 0 Å². The quantitative estimate of drug-likeness (QED) is 0.834. The van der Waals surface area contributed by atoms with Crippen molar-refractivity contribution in [2.45, 2.75) is 32.8 Å². The number of nitrogens with zero attached hydrogens (tertiary/aromatic N) is 2. The van der Waals surface area contributed by atoms with E-state index in [0.717, 1.165) is 18.2 Å². The molecule has 1 saturated heterocycles. The van der Waals surface area contributed by atoms with Gasteiger partial charge in [-0.05, 0) is 39.3 Å². The highest BCUT2D eigenvalue weighted by molar-refractivity contribution is 6.09. The third kappa shape index (κ3) is 4.08. The molecule has 0 radical (unpaired) electrons. The summed E-state index contributed by atoms with van der Waals surface area (Å²) in [6.45, 7) is 5.63. The number of halogens is 2. The minimum Gasteiger partial charge on any atom is -0.389 e. The molecule has 0 saturated carbocycles. The Hall–Kier alpha value is -2.02. The number of benzene rings is 1. The van der Waals surface area contributed by atoms with E-state index in [1.54, 1.807) is 20.8 Å². The molecule has 1 N–H and O–H groups in total. The van der Waals surface area contributed by atoms with Crippen molar-refractivity contribution in [2.75, 3.05) is 24.5 Å². The molecule has 0 bridgehead atoms. The van der Waals surface area contributed by atoms with Crippen LogP contribution in [-0.2, 0) is 9.59 Å². The molecule has 1 unspecified atom stereocenters. The molecule has 24 heavy (non-hydrogen) atoms. The number of hydrogen-bond donors (Lipinski definition) is 1. The van der Waals surface area contributed by atoms with Crippen molar-refractivity contribution in [3.05, 3.63) is 29.8 Å². The van der Waals surface area contributed by atoms with E-state index in [2.05, 4.69) is 0 Å². The minimum absolute atomic E-state index is 0.110. The molecule has 1 fully saturated rings. The summed E-state index contributed by atoms with van der Waals surface area (Å²) in [6, 6.07) is 2.87. The van der Waals surface area contributed by atoms with Crippen molar-refractivity contribution >= 4 is 17.5 Å². The van der Waals surface area contributed by atoms with Crippen LogP contribution in [0.4, 0.5) is 14.5 Å². The first kappa shape index (κ1) is 18.3. The van der Waals surface area contributed by atoms with E-state index in [0.29, 0.717) is 6.54 Å². The first-order valence-corrected chi connectivity index (χ1v) is 7.91. The summed E-state index contributed by atoms with van der Waals surface area (Å²) < 4.78 is 26.7. The lowest BCUT2D eigenvalue weighted by Crippen LogP contribution is -2.46. The maximum absolute atomic E-state index is 13.4. The average molecular weight is 340 g/mol. The second-order valence-electron chi connectivity index (χ2n) is 6.62. The van der Waals surface area contributed by atoms with Gasteiger partial charge in [0, 0.05) is 31.4 Å². The van der Waals surface area contributed by atoms with E-state index in [-0.39, 0.29) is 31.1 Å². The van der Waals surface area contributed by atoms with Crippen molar-refractivity contribution in [1.29, 1.82) is 0 Å². The molecule has 1 aliphatic heterocycles. The van der Waals surface area contributed by atoms with Gasteiger partial charge in [0.1, 0.15) is 17.6 Å². The fourth-order valence-corrected chi connectivity index (χ4v) is 2.89. The fraction of sp³-hybridized carbons (Fsp3) is 0.529. The molecule has 2 rings (SSSR count). The Morgan fingerprint density at radius 1 is 1.33 bits per heavy atom. The average Bonchev–Trinajstić information content (AvgIpc) is 2.83. The van der Waals surface area contributed by atoms with Gasteiger partial charge in [-0.25, -0.2) is 8.78 Å². The van der Waals surface area contributed by atoms with Gasteiger partial charge in [-0.2, -0.15) is 0 Å². The van der Waals surface area contributed by atoms with Crippen LogP contribution in [0, 0.1) is 17.6 Å². The molecule has 132 valence electrons. The van der Waals surface area contributed by atoms with Crippen molar-refractivity contribution in [3.63, 3.8) is 0 Å². The molecule has 0 aromatic heterocycles. The molecular weight excluding hydrogens is 318 g/mol. The molecule has 1 heterocycles. The SMILES string of the molecule is CCN(CC(C)(C)O)C(=O)C1CCN(c2cc(F)cc(F)c2)C1=O. The predicted octanol–water partition coefficient (Wildman–Crippen LogP) is 1.94. The molecule has 5 nitrogen and oxygen atoms in total. The van der Waals surface area contributed by atoms with Gasteiger partial charge in [0.2, 0.25) is 11.8 Å². The van der Waals surface area contributed by atoms with E-state index < -0.39 is 29.1 Å². The van der Waals surface area contributed by atoms with Crippen LogP contribution in [-0.4, -0.2) is 47.1 Å². The summed E-state index contributed by atoms with van der Waals surface area (Å²) in [5, 5.41) is 9.90. The van der Waals surface area contributed by atoms with Crippen molar-refractivity contribution < 1.29 is 23.5 Å². The Morgan fingerprint density at radius 2 is 1.92 bits per heavy atom. The van der Waals surface area contributed by atoms with Gasteiger partial charge in [-0.3, -0.25) is 9.59 Å². The summed E-state index contributed by atoms with van der Waals surface area (Å²) in [4.78, 5) is 27.8. The minimum atomic E-state index is -1.07. The van der Waals surface area contributed by atoms with E-state index in [4.69, 9.17) is 0 Å². The Balaban J connectivity index is 2.17. The van der Waals surface area contributed by atoms with Crippen molar-refractivity contribution in [3.8, 4) is 0 Å². The highest BCUT2D eigenvalue weighted by atomic mass is 19.1. The molecule has 1 aromatic rings. The Kier molecular flexibility index (Phi) is 5.22. The molecule has 2 amide bonds. The standard InChI is InChI=1S/C17H22F2N2O3/c1-4-20(10-17(2,3)24)15(22)14-5-6-21(16(14)23)13-8-11(18)7-12(19)9-13/h7-9,14,24H,4-6,10H2,1-3H3. The highest BCUT2D eigenvalue weighted by Crippen LogP contribution is 2.28. The number of carbonyl (C=O) groups is 2. The number of likely N-dealkylation sites (N-methyl/N-ethyl adjacent to an activating group) is 1. The second-order valence-corrected chi connectivity index (χ2v) is 6.62. The summed E-state index contributed by atoms with van der Waals surface area (Å²) in [5.41, 5.74) is -0.961. The van der Waals surface area contributed by atoms with Gasteiger partial charge in [0.15, 0.2) is 0 Å². The zero-order valence-electron chi connectivity index (χ0n) is 14.1. The number of aliphatic hydroxyl groups is 1. The largest absolute Gasteiger partial charge is 0.389 e. The lowest BCUT2D eigenvalue weighted by atomic mass is 10.0. The number of anilines is 1. The molecule has 0 aliphatic carbocycles. The Bertz CT molecular complexity index is 623.